The summed E-state index contributed by atoms with van der Waals surface area (Å²) in [5.41, 5.74) is 1.94. The summed E-state index contributed by atoms with van der Waals surface area (Å²) in [5, 5.41) is 10.7. The second-order valence-electron chi connectivity index (χ2n) is 6.63. The number of benzene rings is 2. The average molecular weight is 466 g/mol. The first kappa shape index (κ1) is 18.2. The Kier molecular flexibility index (Phi) is 4.73. The molecule has 5 rings (SSSR count). The molecule has 3 aromatic heterocycles. The van der Waals surface area contributed by atoms with Crippen molar-refractivity contribution in [1.82, 2.24) is 20.1 Å². The van der Waals surface area contributed by atoms with Crippen LogP contribution >= 0.6 is 27.3 Å². The largest absolute Gasteiger partial charge is 0.369 e. The summed E-state index contributed by atoms with van der Waals surface area (Å²) < 4.78 is 7.36. The van der Waals surface area contributed by atoms with Crippen LogP contribution in [0.4, 0.5) is 5.82 Å². The number of thiazole rings is 1. The van der Waals surface area contributed by atoms with Crippen molar-refractivity contribution in [2.24, 2.45) is 0 Å². The Morgan fingerprint density at radius 3 is 2.90 bits per heavy atom. The van der Waals surface area contributed by atoms with Crippen molar-refractivity contribution < 1.29 is 4.52 Å². The lowest BCUT2D eigenvalue weighted by Gasteiger charge is -2.09. The molecule has 2 aromatic carbocycles. The van der Waals surface area contributed by atoms with Gasteiger partial charge in [0.05, 0.1) is 15.2 Å². The molecule has 0 aliphatic heterocycles. The number of fused-ring (bicyclic) bond motifs is 2. The van der Waals surface area contributed by atoms with Crippen molar-refractivity contribution in [3.8, 4) is 11.4 Å². The standard InChI is InChI=1S/C21H16BrN5OS/c1-12-25-20(27-28-12)14-3-2-13-6-8-23-21(16(13)10-14)24-9-7-19-26-17-11-15(22)4-5-18(17)29-19/h2-6,8,10-11H,7,9H2,1H3,(H,23,24). The summed E-state index contributed by atoms with van der Waals surface area (Å²) in [5.74, 6) is 1.97. The molecule has 0 aliphatic carbocycles. The van der Waals surface area contributed by atoms with Gasteiger partial charge in [-0.3, -0.25) is 0 Å². The first-order valence-electron chi connectivity index (χ1n) is 9.14. The number of hydrogen-bond acceptors (Lipinski definition) is 7. The summed E-state index contributed by atoms with van der Waals surface area (Å²) in [6.45, 7) is 2.53. The molecule has 0 aliphatic rings. The average Bonchev–Trinajstić information content (AvgIpc) is 3.33. The van der Waals surface area contributed by atoms with Crippen LogP contribution in [-0.2, 0) is 6.42 Å². The molecule has 5 aromatic rings. The lowest BCUT2D eigenvalue weighted by molar-refractivity contribution is 0.394. The van der Waals surface area contributed by atoms with Crippen LogP contribution in [0.15, 0.2) is 57.7 Å². The lowest BCUT2D eigenvalue weighted by atomic mass is 10.1. The van der Waals surface area contributed by atoms with Gasteiger partial charge in [0.25, 0.3) is 0 Å². The molecule has 0 amide bonds. The third kappa shape index (κ3) is 3.73. The quantitative estimate of drug-likeness (QED) is 0.362. The van der Waals surface area contributed by atoms with E-state index in [0.717, 1.165) is 50.1 Å². The molecular weight excluding hydrogens is 450 g/mol. The lowest BCUT2D eigenvalue weighted by Crippen LogP contribution is -2.06. The number of aryl methyl sites for hydroxylation is 1. The molecule has 0 saturated carbocycles. The minimum atomic E-state index is 0.549. The molecule has 0 bridgehead atoms. The van der Waals surface area contributed by atoms with E-state index in [0.29, 0.717) is 11.7 Å². The van der Waals surface area contributed by atoms with Gasteiger partial charge in [0, 0.05) is 41.5 Å². The van der Waals surface area contributed by atoms with Crippen molar-refractivity contribution >= 4 is 54.1 Å². The zero-order valence-corrected chi connectivity index (χ0v) is 17.9. The minimum Gasteiger partial charge on any atom is -0.369 e. The summed E-state index contributed by atoms with van der Waals surface area (Å²) >= 11 is 5.23. The summed E-state index contributed by atoms with van der Waals surface area (Å²) in [6, 6.07) is 14.3. The van der Waals surface area contributed by atoms with Crippen LogP contribution < -0.4 is 5.32 Å². The number of pyridine rings is 1. The van der Waals surface area contributed by atoms with Crippen molar-refractivity contribution in [1.29, 1.82) is 0 Å². The minimum absolute atomic E-state index is 0.549. The number of rotatable bonds is 5. The van der Waals surface area contributed by atoms with Gasteiger partial charge in [-0.15, -0.1) is 11.3 Å². The normalized spacial score (nSPS) is 11.4. The highest BCUT2D eigenvalue weighted by Crippen LogP contribution is 2.28. The van der Waals surface area contributed by atoms with E-state index in [1.54, 1.807) is 18.3 Å². The Balaban J connectivity index is 1.37. The molecular formula is C21H16BrN5OS. The second kappa shape index (κ2) is 7.53. The van der Waals surface area contributed by atoms with Crippen LogP contribution in [0.3, 0.4) is 0 Å². The number of hydrogen-bond donors (Lipinski definition) is 1. The molecule has 0 saturated heterocycles. The summed E-state index contributed by atoms with van der Waals surface area (Å²) in [4.78, 5) is 13.6. The number of aromatic nitrogens is 4. The fourth-order valence-electron chi connectivity index (χ4n) is 3.21. The monoisotopic (exact) mass is 465 g/mol. The molecule has 1 N–H and O–H groups in total. The molecule has 0 fully saturated rings. The number of nitrogens with zero attached hydrogens (tertiary/aromatic N) is 4. The maximum Gasteiger partial charge on any atom is 0.223 e. The van der Waals surface area contributed by atoms with Gasteiger partial charge < -0.3 is 9.84 Å². The number of nitrogens with one attached hydrogen (secondary N) is 1. The van der Waals surface area contributed by atoms with E-state index in [4.69, 9.17) is 9.51 Å². The van der Waals surface area contributed by atoms with Crippen LogP contribution in [0.2, 0.25) is 0 Å². The molecule has 3 heterocycles. The maximum absolute atomic E-state index is 5.11. The van der Waals surface area contributed by atoms with Crippen LogP contribution in [0, 0.1) is 6.92 Å². The van der Waals surface area contributed by atoms with Crippen molar-refractivity contribution in [2.75, 3.05) is 11.9 Å². The first-order valence-corrected chi connectivity index (χ1v) is 10.7. The zero-order valence-electron chi connectivity index (χ0n) is 15.5. The van der Waals surface area contributed by atoms with Crippen LogP contribution in [0.25, 0.3) is 32.4 Å². The Morgan fingerprint density at radius 1 is 1.10 bits per heavy atom. The van der Waals surface area contributed by atoms with Crippen molar-refractivity contribution in [3.63, 3.8) is 0 Å². The van der Waals surface area contributed by atoms with E-state index in [-0.39, 0.29) is 0 Å². The molecule has 29 heavy (non-hydrogen) atoms. The van der Waals surface area contributed by atoms with E-state index >= 15 is 0 Å². The third-order valence-electron chi connectivity index (χ3n) is 4.58. The van der Waals surface area contributed by atoms with Crippen molar-refractivity contribution in [3.05, 3.63) is 64.0 Å². The second-order valence-corrected chi connectivity index (χ2v) is 8.66. The predicted octanol–water partition coefficient (Wildman–Crippen LogP) is 5.62. The highest BCUT2D eigenvalue weighted by Gasteiger charge is 2.10. The van der Waals surface area contributed by atoms with E-state index < -0.39 is 0 Å². The smallest absolute Gasteiger partial charge is 0.223 e. The van der Waals surface area contributed by atoms with Gasteiger partial charge >= 0.3 is 0 Å². The molecule has 0 radical (unpaired) electrons. The van der Waals surface area contributed by atoms with Crippen molar-refractivity contribution in [2.45, 2.75) is 13.3 Å². The SMILES string of the molecule is Cc1nc(-c2ccc3ccnc(NCCc4nc5cc(Br)ccc5s4)c3c2)no1. The Bertz CT molecular complexity index is 1330. The van der Waals surface area contributed by atoms with Crippen LogP contribution in [0.1, 0.15) is 10.9 Å². The Hall–Kier alpha value is -2.84. The third-order valence-corrected chi connectivity index (χ3v) is 6.17. The fraction of sp³-hybridized carbons (Fsp3) is 0.143. The van der Waals surface area contributed by atoms with Crippen LogP contribution in [-0.4, -0.2) is 26.7 Å². The van der Waals surface area contributed by atoms with Gasteiger partial charge in [-0.2, -0.15) is 4.98 Å². The molecule has 144 valence electrons. The van der Waals surface area contributed by atoms with Gasteiger partial charge in [-0.1, -0.05) is 33.2 Å². The van der Waals surface area contributed by atoms with Crippen LogP contribution in [0.5, 0.6) is 0 Å². The zero-order chi connectivity index (χ0) is 19.8. The highest BCUT2D eigenvalue weighted by atomic mass is 79.9. The summed E-state index contributed by atoms with van der Waals surface area (Å²) in [6.07, 6.45) is 2.65. The van der Waals surface area contributed by atoms with Gasteiger partial charge in [0.1, 0.15) is 5.82 Å². The molecule has 8 heteroatoms. The Labute approximate surface area is 179 Å². The van der Waals surface area contributed by atoms with E-state index in [9.17, 15) is 0 Å². The topological polar surface area (TPSA) is 76.7 Å². The number of halogens is 1. The van der Waals surface area contributed by atoms with Gasteiger partial charge in [0.2, 0.25) is 11.7 Å². The fourth-order valence-corrected chi connectivity index (χ4v) is 4.50. The number of anilines is 1. The molecule has 6 nitrogen and oxygen atoms in total. The molecule has 0 unspecified atom stereocenters. The molecule has 0 atom stereocenters. The Morgan fingerprint density at radius 2 is 2.03 bits per heavy atom. The van der Waals surface area contributed by atoms with Gasteiger partial charge in [-0.25, -0.2) is 9.97 Å². The summed E-state index contributed by atoms with van der Waals surface area (Å²) in [7, 11) is 0. The molecule has 0 spiro atoms. The predicted molar refractivity (Wildman–Crippen MR) is 119 cm³/mol. The van der Waals surface area contributed by atoms with E-state index in [2.05, 4.69) is 54.6 Å². The van der Waals surface area contributed by atoms with Gasteiger partial charge in [-0.05, 0) is 35.7 Å². The van der Waals surface area contributed by atoms with E-state index in [1.165, 1.54) is 4.70 Å². The highest BCUT2D eigenvalue weighted by molar-refractivity contribution is 9.10. The van der Waals surface area contributed by atoms with E-state index in [1.807, 2.05) is 30.5 Å². The van der Waals surface area contributed by atoms with Gasteiger partial charge in [0.15, 0.2) is 0 Å². The maximum atomic E-state index is 5.11. The first-order chi connectivity index (χ1) is 14.2.